The predicted octanol–water partition coefficient (Wildman–Crippen LogP) is 5.16. The van der Waals surface area contributed by atoms with E-state index in [1.165, 1.54) is 0 Å². The molecule has 28 heavy (non-hydrogen) atoms. The van der Waals surface area contributed by atoms with E-state index in [1.54, 1.807) is 7.11 Å². The summed E-state index contributed by atoms with van der Waals surface area (Å²) < 4.78 is 17.2. The van der Waals surface area contributed by atoms with E-state index >= 15 is 0 Å². The summed E-state index contributed by atoms with van der Waals surface area (Å²) in [6.07, 6.45) is 3.72. The lowest BCUT2D eigenvalue weighted by molar-refractivity contribution is -0.00705. The Morgan fingerprint density at radius 1 is 0.964 bits per heavy atom. The minimum atomic E-state index is -0.461. The molecule has 3 atom stereocenters. The number of benzene rings is 2. The highest BCUT2D eigenvalue weighted by atomic mass is 16.6. The van der Waals surface area contributed by atoms with Crippen LogP contribution in [-0.2, 0) is 4.74 Å². The predicted molar refractivity (Wildman–Crippen MR) is 109 cm³/mol. The number of amides is 1. The summed E-state index contributed by atoms with van der Waals surface area (Å²) in [6.45, 7) is 5.74. The molecule has 2 aromatic rings. The first-order chi connectivity index (χ1) is 13.3. The van der Waals surface area contributed by atoms with Crippen molar-refractivity contribution in [1.82, 2.24) is 4.90 Å². The molecule has 0 N–H and O–H groups in total. The van der Waals surface area contributed by atoms with Gasteiger partial charge in [0, 0.05) is 24.9 Å². The zero-order valence-electron chi connectivity index (χ0n) is 17.1. The third-order valence-electron chi connectivity index (χ3n) is 5.62. The van der Waals surface area contributed by atoms with Gasteiger partial charge in [0.05, 0.1) is 7.11 Å². The van der Waals surface area contributed by atoms with Gasteiger partial charge in [-0.2, -0.15) is 0 Å². The summed E-state index contributed by atoms with van der Waals surface area (Å²) in [7, 11) is 1.68. The average Bonchev–Trinajstić information content (AvgIpc) is 2.91. The van der Waals surface area contributed by atoms with Crippen molar-refractivity contribution in [3.8, 4) is 11.5 Å². The SMILES string of the molecule is COc1ccc2cc(OC3C[C@H]4CC[C@@H](C3)N4C(=O)OC(C)(C)C)ccc2c1. The summed E-state index contributed by atoms with van der Waals surface area (Å²) in [5, 5.41) is 2.26. The normalized spacial score (nSPS) is 24.3. The van der Waals surface area contributed by atoms with E-state index in [0.29, 0.717) is 0 Å². The van der Waals surface area contributed by atoms with Crippen LogP contribution in [0, 0.1) is 0 Å². The molecule has 2 heterocycles. The van der Waals surface area contributed by atoms with Crippen molar-refractivity contribution in [3.05, 3.63) is 36.4 Å². The molecule has 2 fully saturated rings. The van der Waals surface area contributed by atoms with Gasteiger partial charge >= 0.3 is 6.09 Å². The first kappa shape index (κ1) is 18.9. The molecule has 1 unspecified atom stereocenters. The van der Waals surface area contributed by atoms with Crippen LogP contribution in [0.5, 0.6) is 11.5 Å². The topological polar surface area (TPSA) is 48.0 Å². The fourth-order valence-electron chi connectivity index (χ4n) is 4.43. The van der Waals surface area contributed by atoms with Crippen molar-refractivity contribution in [3.63, 3.8) is 0 Å². The third kappa shape index (κ3) is 3.89. The standard InChI is InChI=1S/C23H29NO4/c1-23(2,3)28-22(25)24-17-7-8-18(24)14-21(13-17)27-20-10-6-15-11-19(26-4)9-5-16(15)12-20/h5-6,9-12,17-18,21H,7-8,13-14H2,1-4H3/t17-,18+,21?. The zero-order valence-corrected chi connectivity index (χ0v) is 17.1. The molecule has 0 radical (unpaired) electrons. The Hall–Kier alpha value is -2.43. The molecule has 2 saturated heterocycles. The van der Waals surface area contributed by atoms with Crippen LogP contribution in [0.4, 0.5) is 4.79 Å². The minimum Gasteiger partial charge on any atom is -0.497 e. The van der Waals surface area contributed by atoms with Gasteiger partial charge in [-0.05, 0) is 68.7 Å². The monoisotopic (exact) mass is 383 g/mol. The van der Waals surface area contributed by atoms with Crippen LogP contribution in [0.25, 0.3) is 10.8 Å². The first-order valence-electron chi connectivity index (χ1n) is 10.1. The lowest BCUT2D eigenvalue weighted by Crippen LogP contribution is -2.50. The number of hydrogen-bond donors (Lipinski definition) is 0. The Morgan fingerprint density at radius 2 is 1.54 bits per heavy atom. The van der Waals surface area contributed by atoms with Crippen LogP contribution >= 0.6 is 0 Å². The molecule has 0 spiro atoms. The highest BCUT2D eigenvalue weighted by Crippen LogP contribution is 2.38. The van der Waals surface area contributed by atoms with Crippen molar-refractivity contribution < 1.29 is 19.0 Å². The van der Waals surface area contributed by atoms with Gasteiger partial charge in [-0.1, -0.05) is 12.1 Å². The van der Waals surface area contributed by atoms with Crippen molar-refractivity contribution in [2.75, 3.05) is 7.11 Å². The van der Waals surface area contributed by atoms with E-state index in [0.717, 1.165) is 48.0 Å². The number of methoxy groups -OCH3 is 1. The molecule has 2 aliphatic heterocycles. The number of hydrogen-bond acceptors (Lipinski definition) is 4. The Bertz CT molecular complexity index is 859. The second-order valence-corrected chi connectivity index (χ2v) is 8.86. The molecule has 2 aliphatic rings. The van der Waals surface area contributed by atoms with Gasteiger partial charge in [0.2, 0.25) is 0 Å². The van der Waals surface area contributed by atoms with E-state index in [4.69, 9.17) is 14.2 Å². The molecule has 150 valence electrons. The molecule has 5 heteroatoms. The van der Waals surface area contributed by atoms with E-state index in [2.05, 4.69) is 18.2 Å². The largest absolute Gasteiger partial charge is 0.497 e. The maximum atomic E-state index is 12.6. The van der Waals surface area contributed by atoms with E-state index in [9.17, 15) is 4.79 Å². The van der Waals surface area contributed by atoms with Crippen LogP contribution in [-0.4, -0.2) is 41.9 Å². The summed E-state index contributed by atoms with van der Waals surface area (Å²) in [5.41, 5.74) is -0.461. The number of carbonyl (C=O) groups excluding carboxylic acids is 1. The Labute approximate surface area is 166 Å². The average molecular weight is 383 g/mol. The molecule has 0 aromatic heterocycles. The summed E-state index contributed by atoms with van der Waals surface area (Å²) in [5.74, 6) is 1.74. The number of nitrogens with zero attached hydrogens (tertiary/aromatic N) is 1. The van der Waals surface area contributed by atoms with Crippen LogP contribution in [0.1, 0.15) is 46.5 Å². The van der Waals surface area contributed by atoms with Crippen LogP contribution in [0.3, 0.4) is 0 Å². The molecule has 2 aromatic carbocycles. The fourth-order valence-corrected chi connectivity index (χ4v) is 4.43. The van der Waals surface area contributed by atoms with Gasteiger partial charge in [-0.3, -0.25) is 0 Å². The molecule has 0 aliphatic carbocycles. The number of rotatable bonds is 3. The van der Waals surface area contributed by atoms with Gasteiger partial charge in [0.25, 0.3) is 0 Å². The molecule has 0 saturated carbocycles. The highest BCUT2D eigenvalue weighted by Gasteiger charge is 2.45. The van der Waals surface area contributed by atoms with E-state index in [-0.39, 0.29) is 24.3 Å². The maximum Gasteiger partial charge on any atom is 0.410 e. The number of carbonyl (C=O) groups is 1. The van der Waals surface area contributed by atoms with Crippen LogP contribution in [0.15, 0.2) is 36.4 Å². The molecule has 2 bridgehead atoms. The number of ether oxygens (including phenoxy) is 3. The molecule has 4 rings (SSSR count). The second-order valence-electron chi connectivity index (χ2n) is 8.86. The van der Waals surface area contributed by atoms with Crippen LogP contribution < -0.4 is 9.47 Å². The maximum absolute atomic E-state index is 12.6. The summed E-state index contributed by atoms with van der Waals surface area (Å²) in [6, 6.07) is 12.6. The highest BCUT2D eigenvalue weighted by molar-refractivity contribution is 5.85. The van der Waals surface area contributed by atoms with Crippen molar-refractivity contribution in [2.24, 2.45) is 0 Å². The van der Waals surface area contributed by atoms with E-state index in [1.807, 2.05) is 43.9 Å². The quantitative estimate of drug-likeness (QED) is 0.735. The third-order valence-corrected chi connectivity index (χ3v) is 5.62. The summed E-state index contributed by atoms with van der Waals surface area (Å²) >= 11 is 0. The molecular weight excluding hydrogens is 354 g/mol. The molecular formula is C23H29NO4. The minimum absolute atomic E-state index is 0.131. The van der Waals surface area contributed by atoms with Gasteiger partial charge in [-0.25, -0.2) is 4.79 Å². The Morgan fingerprint density at radius 3 is 2.11 bits per heavy atom. The van der Waals surface area contributed by atoms with Crippen molar-refractivity contribution >= 4 is 16.9 Å². The Kier molecular flexibility index (Phi) is 4.86. The molecule has 5 nitrogen and oxygen atoms in total. The first-order valence-corrected chi connectivity index (χ1v) is 10.1. The zero-order chi connectivity index (χ0) is 19.9. The summed E-state index contributed by atoms with van der Waals surface area (Å²) in [4.78, 5) is 14.5. The number of piperidine rings is 1. The van der Waals surface area contributed by atoms with Crippen molar-refractivity contribution in [1.29, 1.82) is 0 Å². The van der Waals surface area contributed by atoms with Crippen LogP contribution in [0.2, 0.25) is 0 Å². The van der Waals surface area contributed by atoms with Gasteiger partial charge < -0.3 is 19.1 Å². The lowest BCUT2D eigenvalue weighted by Gasteiger charge is -2.39. The smallest absolute Gasteiger partial charge is 0.410 e. The number of fused-ring (bicyclic) bond motifs is 3. The molecule has 1 amide bonds. The fraction of sp³-hybridized carbons (Fsp3) is 0.522. The van der Waals surface area contributed by atoms with Gasteiger partial charge in [-0.15, -0.1) is 0 Å². The Balaban J connectivity index is 1.44. The van der Waals surface area contributed by atoms with E-state index < -0.39 is 5.60 Å². The van der Waals surface area contributed by atoms with Gasteiger partial charge in [0.1, 0.15) is 23.2 Å². The lowest BCUT2D eigenvalue weighted by atomic mass is 10.00. The van der Waals surface area contributed by atoms with Crippen molar-refractivity contribution in [2.45, 2.75) is 70.2 Å². The van der Waals surface area contributed by atoms with Gasteiger partial charge in [0.15, 0.2) is 0 Å². The second kappa shape index (κ2) is 7.19.